The Kier molecular flexibility index (Phi) is 7.77. The second kappa shape index (κ2) is 11.0. The number of amides is 1. The summed E-state index contributed by atoms with van der Waals surface area (Å²) in [5.41, 5.74) is 3.41. The molecular weight excluding hydrogens is 491 g/mol. The van der Waals surface area contributed by atoms with Crippen molar-refractivity contribution < 1.29 is 9.53 Å². The average Bonchev–Trinajstić information content (AvgIpc) is 3.25. The second-order valence-electron chi connectivity index (χ2n) is 7.40. The average molecular weight is 513 g/mol. The zero-order valence-electron chi connectivity index (χ0n) is 18.6. The SMILES string of the molecule is CCOc1ccc(-n2c(SCC(=O)Nc3cc(Cl)ccc3Cl)nnc2-c2ccc(C)cc2)cc1. The Morgan fingerprint density at radius 2 is 1.76 bits per heavy atom. The molecule has 34 heavy (non-hydrogen) atoms. The van der Waals surface area contributed by atoms with E-state index in [4.69, 9.17) is 27.9 Å². The number of carbonyl (C=O) groups is 1. The van der Waals surface area contributed by atoms with Crippen LogP contribution in [0.1, 0.15) is 12.5 Å². The summed E-state index contributed by atoms with van der Waals surface area (Å²) < 4.78 is 7.51. The van der Waals surface area contributed by atoms with Crippen molar-refractivity contribution in [3.8, 4) is 22.8 Å². The maximum atomic E-state index is 12.6. The van der Waals surface area contributed by atoms with Gasteiger partial charge in [0.2, 0.25) is 5.91 Å². The Morgan fingerprint density at radius 3 is 2.47 bits per heavy atom. The largest absolute Gasteiger partial charge is 0.494 e. The molecule has 0 fully saturated rings. The van der Waals surface area contributed by atoms with Crippen molar-refractivity contribution in [3.63, 3.8) is 0 Å². The molecule has 1 N–H and O–H groups in total. The number of thioether (sulfide) groups is 1. The molecule has 0 saturated carbocycles. The molecule has 0 aliphatic heterocycles. The molecule has 174 valence electrons. The van der Waals surface area contributed by atoms with Crippen LogP contribution in [0.4, 0.5) is 5.69 Å². The fraction of sp³-hybridized carbons (Fsp3) is 0.160. The lowest BCUT2D eigenvalue weighted by Crippen LogP contribution is -2.15. The summed E-state index contributed by atoms with van der Waals surface area (Å²) in [6.45, 7) is 4.57. The van der Waals surface area contributed by atoms with E-state index in [-0.39, 0.29) is 11.7 Å². The number of anilines is 1. The Balaban J connectivity index is 1.60. The maximum absolute atomic E-state index is 12.6. The first-order valence-corrected chi connectivity index (χ1v) is 12.3. The molecule has 0 unspecified atom stereocenters. The molecule has 0 bridgehead atoms. The minimum Gasteiger partial charge on any atom is -0.494 e. The quantitative estimate of drug-likeness (QED) is 0.266. The standard InChI is InChI=1S/C25H22Cl2N4O2S/c1-3-33-20-11-9-19(10-12-20)31-24(17-6-4-16(2)5-7-17)29-30-25(31)34-15-23(32)28-22-14-18(26)8-13-21(22)27/h4-14H,3,15H2,1-2H3,(H,28,32). The summed E-state index contributed by atoms with van der Waals surface area (Å²) in [5.74, 6) is 1.35. The Hall–Kier alpha value is -3.00. The summed E-state index contributed by atoms with van der Waals surface area (Å²) in [7, 11) is 0. The van der Waals surface area contributed by atoms with E-state index < -0.39 is 0 Å². The monoisotopic (exact) mass is 512 g/mol. The van der Waals surface area contributed by atoms with Crippen LogP contribution in [-0.2, 0) is 4.79 Å². The number of rotatable bonds is 8. The number of hydrogen-bond donors (Lipinski definition) is 1. The van der Waals surface area contributed by atoms with Gasteiger partial charge >= 0.3 is 0 Å². The second-order valence-corrected chi connectivity index (χ2v) is 9.18. The highest BCUT2D eigenvalue weighted by molar-refractivity contribution is 7.99. The third kappa shape index (κ3) is 5.73. The summed E-state index contributed by atoms with van der Waals surface area (Å²) in [4.78, 5) is 12.6. The van der Waals surface area contributed by atoms with Crippen molar-refractivity contribution in [2.45, 2.75) is 19.0 Å². The van der Waals surface area contributed by atoms with Crippen molar-refractivity contribution in [2.75, 3.05) is 17.7 Å². The molecule has 0 aliphatic rings. The van der Waals surface area contributed by atoms with Gasteiger partial charge in [0.05, 0.1) is 23.1 Å². The fourth-order valence-electron chi connectivity index (χ4n) is 3.25. The van der Waals surface area contributed by atoms with Crippen molar-refractivity contribution in [2.24, 2.45) is 0 Å². The number of benzene rings is 3. The zero-order valence-corrected chi connectivity index (χ0v) is 20.9. The molecular formula is C25H22Cl2N4O2S. The van der Waals surface area contributed by atoms with Crippen LogP contribution in [-0.4, -0.2) is 33.0 Å². The predicted octanol–water partition coefficient (Wildman–Crippen LogP) is 6.68. The lowest BCUT2D eigenvalue weighted by molar-refractivity contribution is -0.113. The van der Waals surface area contributed by atoms with Crippen LogP contribution in [0.25, 0.3) is 17.1 Å². The van der Waals surface area contributed by atoms with Gasteiger partial charge in [-0.1, -0.05) is 64.8 Å². The van der Waals surface area contributed by atoms with E-state index in [1.807, 2.05) is 66.9 Å². The van der Waals surface area contributed by atoms with E-state index in [0.717, 1.165) is 22.6 Å². The Bertz CT molecular complexity index is 1290. The minimum atomic E-state index is -0.229. The van der Waals surface area contributed by atoms with Crippen molar-refractivity contribution in [1.29, 1.82) is 0 Å². The van der Waals surface area contributed by atoms with E-state index in [1.54, 1.807) is 18.2 Å². The molecule has 0 saturated heterocycles. The first-order chi connectivity index (χ1) is 16.4. The zero-order chi connectivity index (χ0) is 24.1. The summed E-state index contributed by atoms with van der Waals surface area (Å²) in [6, 6.07) is 20.7. The first-order valence-electron chi connectivity index (χ1n) is 10.6. The molecule has 3 aromatic carbocycles. The van der Waals surface area contributed by atoms with Crippen LogP contribution in [0.2, 0.25) is 10.0 Å². The summed E-state index contributed by atoms with van der Waals surface area (Å²) in [6.07, 6.45) is 0. The van der Waals surface area contributed by atoms with E-state index in [0.29, 0.717) is 33.3 Å². The number of aryl methyl sites for hydroxylation is 1. The highest BCUT2D eigenvalue weighted by Crippen LogP contribution is 2.30. The van der Waals surface area contributed by atoms with Crippen LogP contribution >= 0.6 is 35.0 Å². The molecule has 0 spiro atoms. The highest BCUT2D eigenvalue weighted by atomic mass is 35.5. The third-order valence-electron chi connectivity index (χ3n) is 4.88. The van der Waals surface area contributed by atoms with Gasteiger partial charge in [-0.05, 0) is 56.3 Å². The smallest absolute Gasteiger partial charge is 0.234 e. The predicted molar refractivity (Wildman–Crippen MR) is 139 cm³/mol. The van der Waals surface area contributed by atoms with Crippen molar-refractivity contribution in [1.82, 2.24) is 14.8 Å². The van der Waals surface area contributed by atoms with E-state index in [2.05, 4.69) is 15.5 Å². The lowest BCUT2D eigenvalue weighted by atomic mass is 10.1. The molecule has 1 amide bonds. The number of aromatic nitrogens is 3. The Labute approximate surface area is 212 Å². The number of ether oxygens (including phenoxy) is 1. The van der Waals surface area contributed by atoms with Gasteiger partial charge in [0, 0.05) is 16.3 Å². The number of carbonyl (C=O) groups excluding carboxylic acids is 1. The van der Waals surface area contributed by atoms with Crippen molar-refractivity contribution >= 4 is 46.6 Å². The molecule has 0 aliphatic carbocycles. The molecule has 0 atom stereocenters. The van der Waals surface area contributed by atoms with Crippen LogP contribution in [0.5, 0.6) is 5.75 Å². The van der Waals surface area contributed by atoms with Gasteiger partial charge in [0.1, 0.15) is 5.75 Å². The summed E-state index contributed by atoms with van der Waals surface area (Å²) in [5, 5.41) is 13.1. The summed E-state index contributed by atoms with van der Waals surface area (Å²) >= 11 is 13.5. The van der Waals surface area contributed by atoms with Crippen molar-refractivity contribution in [3.05, 3.63) is 82.3 Å². The normalized spacial score (nSPS) is 10.8. The van der Waals surface area contributed by atoms with Gasteiger partial charge in [-0.2, -0.15) is 0 Å². The van der Waals surface area contributed by atoms with Gasteiger partial charge < -0.3 is 10.1 Å². The lowest BCUT2D eigenvalue weighted by Gasteiger charge is -2.12. The number of hydrogen-bond acceptors (Lipinski definition) is 5. The van der Waals surface area contributed by atoms with Gasteiger partial charge in [-0.3, -0.25) is 9.36 Å². The molecule has 4 aromatic rings. The topological polar surface area (TPSA) is 69.0 Å². The molecule has 6 nitrogen and oxygen atoms in total. The Morgan fingerprint density at radius 1 is 1.03 bits per heavy atom. The highest BCUT2D eigenvalue weighted by Gasteiger charge is 2.18. The first kappa shape index (κ1) is 24.1. The van der Waals surface area contributed by atoms with Crippen LogP contribution in [0.15, 0.2) is 71.9 Å². The maximum Gasteiger partial charge on any atom is 0.234 e. The van der Waals surface area contributed by atoms with Gasteiger partial charge in [0.15, 0.2) is 11.0 Å². The van der Waals surface area contributed by atoms with E-state index in [9.17, 15) is 4.79 Å². The van der Waals surface area contributed by atoms with Crippen LogP contribution in [0.3, 0.4) is 0 Å². The van der Waals surface area contributed by atoms with Gasteiger partial charge in [-0.15, -0.1) is 10.2 Å². The molecule has 1 heterocycles. The molecule has 0 radical (unpaired) electrons. The third-order valence-corrected chi connectivity index (χ3v) is 6.38. The molecule has 4 rings (SSSR count). The number of halogens is 2. The molecule has 1 aromatic heterocycles. The molecule has 9 heteroatoms. The fourth-order valence-corrected chi connectivity index (χ4v) is 4.34. The van der Waals surface area contributed by atoms with E-state index >= 15 is 0 Å². The van der Waals surface area contributed by atoms with Crippen LogP contribution < -0.4 is 10.1 Å². The van der Waals surface area contributed by atoms with E-state index in [1.165, 1.54) is 11.8 Å². The van der Waals surface area contributed by atoms with Crippen LogP contribution in [0, 0.1) is 6.92 Å². The van der Waals surface area contributed by atoms with Gasteiger partial charge in [0.25, 0.3) is 0 Å². The van der Waals surface area contributed by atoms with Gasteiger partial charge in [-0.25, -0.2) is 0 Å². The number of nitrogens with one attached hydrogen (secondary N) is 1. The minimum absolute atomic E-state index is 0.117. The number of nitrogens with zero attached hydrogens (tertiary/aromatic N) is 3.